The third-order valence-electron chi connectivity index (χ3n) is 21.1. The highest BCUT2D eigenvalue weighted by Gasteiger charge is 2.72. The molecule has 12 saturated heterocycles. The summed E-state index contributed by atoms with van der Waals surface area (Å²) in [5, 5.41) is 0. The van der Waals surface area contributed by atoms with Gasteiger partial charge in [-0.3, -0.25) is 14.4 Å². The summed E-state index contributed by atoms with van der Waals surface area (Å²) in [4.78, 5) is 79.1. The molecule has 404 valence electrons. The van der Waals surface area contributed by atoms with Crippen molar-refractivity contribution in [2.24, 2.45) is 71.0 Å². The van der Waals surface area contributed by atoms with Gasteiger partial charge in [0.1, 0.15) is 13.2 Å². The molecule has 0 N–H and O–H groups in total. The minimum Gasteiger partial charge on any atom is -0.462 e. The zero-order chi connectivity index (χ0) is 50.3. The van der Waals surface area contributed by atoms with Crippen LogP contribution in [0.4, 0.5) is 0 Å². The highest BCUT2D eigenvalue weighted by molar-refractivity contribution is 5.72. The number of hydrogen-bond donors (Lipinski definition) is 0. The van der Waals surface area contributed by atoms with E-state index < -0.39 is 95.4 Å². The molecule has 15 fully saturated rings. The van der Waals surface area contributed by atoms with E-state index in [4.69, 9.17) is 72.0 Å². The van der Waals surface area contributed by atoms with Gasteiger partial charge < -0.3 is 42.6 Å². The van der Waals surface area contributed by atoms with Crippen molar-refractivity contribution in [3.8, 4) is 0 Å². The van der Waals surface area contributed by atoms with Crippen LogP contribution in [0.1, 0.15) is 159 Å². The van der Waals surface area contributed by atoms with E-state index in [9.17, 15) is 14.4 Å². The zero-order valence-electron chi connectivity index (χ0n) is 43.8. The van der Waals surface area contributed by atoms with Gasteiger partial charge in [0.2, 0.25) is 17.4 Å². The number of hydrogen-bond acceptors (Lipinski definition) is 18. The molecule has 15 rings (SSSR count). The summed E-state index contributed by atoms with van der Waals surface area (Å²) in [5.41, 5.74) is -2.32. The normalized spacial score (nSPS) is 54.1. The van der Waals surface area contributed by atoms with Crippen LogP contribution in [0.15, 0.2) is 0 Å². The molecule has 0 amide bonds. The summed E-state index contributed by atoms with van der Waals surface area (Å²) in [5.74, 6) is -2.99. The Balaban J connectivity index is 0.732. The molecular weight excluding hydrogens is 937 g/mol. The van der Waals surface area contributed by atoms with Crippen molar-refractivity contribution in [3.05, 3.63) is 0 Å². The van der Waals surface area contributed by atoms with Crippen LogP contribution in [-0.2, 0) is 86.3 Å². The van der Waals surface area contributed by atoms with Gasteiger partial charge in [0.25, 0.3) is 0 Å². The summed E-state index contributed by atoms with van der Waals surface area (Å²) in [6.07, 6.45) is 5.31. The van der Waals surface area contributed by atoms with Gasteiger partial charge in [0.05, 0.1) is 37.6 Å². The predicted octanol–water partition coefficient (Wildman–Crippen LogP) is 7.91. The van der Waals surface area contributed by atoms with E-state index in [1.807, 2.05) is 20.8 Å². The minimum atomic E-state index is -1.13. The van der Waals surface area contributed by atoms with Crippen molar-refractivity contribution in [2.45, 2.75) is 236 Å². The van der Waals surface area contributed by atoms with Crippen LogP contribution in [0.3, 0.4) is 0 Å². The fraction of sp³-hybridized carbons (Fsp3) is 0.944. The van der Waals surface area contributed by atoms with Gasteiger partial charge in [-0.05, 0) is 132 Å². The van der Waals surface area contributed by atoms with Crippen molar-refractivity contribution in [1.82, 2.24) is 0 Å². The van der Waals surface area contributed by atoms with E-state index in [2.05, 4.69) is 41.5 Å². The SMILES string of the molecule is C[C@@H]1CC[C@H]2[C@@H](C)C(CC(=O)OCC(COC(=O)CC3O[C@@H]4O[C@]5(C)CC[C@H]6[C@H](C)CC[C@@H]([C@H]3C)[C@@]46OO5)OC(=O)CC3O[C@@H]4O[C@]5(C)CC[C@H]6[C@H](C)CC[C@@H]([C@H]3C)[C@@]46OO5)O[C@@H]3O[C@]4(C)CC[C@@H]1[C@]32OO4. The standard InChI is InChI=1S/C54H80O18/c1-27-10-13-37-30(4)40(61-46-52(37)34(27)16-19-49(7,64-46)67-70-52)22-43(55)58-25-33(60-45(57)24-42-32(6)39-15-12-29(3)36-18-21-51(9)66-48(63-42)54(36,39)72-69-51)26-59-44(56)23-41-31(5)38-14-11-28(2)35-17-20-50(8)65-47(62-41)53(35,38)71-68-50/h27-42,46-48H,10-26H2,1-9H3/t27-,28-,29-,30-,31-,32-,33?,34+,35+,36+,37+,38+,39+,40?,41?,42?,46-,47-,48-,49+,50+,51+,52-,53-,54-/m1/s1. The Morgan fingerprint density at radius 1 is 0.431 bits per heavy atom. The molecular formula is C54H80O18. The van der Waals surface area contributed by atoms with E-state index in [1.54, 1.807) is 0 Å². The monoisotopic (exact) mass is 1020 g/mol. The third-order valence-corrected chi connectivity index (χ3v) is 21.1. The predicted molar refractivity (Wildman–Crippen MR) is 246 cm³/mol. The number of rotatable bonds is 11. The fourth-order valence-corrected chi connectivity index (χ4v) is 17.0. The molecule has 15 aliphatic rings. The van der Waals surface area contributed by atoms with Gasteiger partial charge >= 0.3 is 17.9 Å². The molecule has 18 heteroatoms. The van der Waals surface area contributed by atoms with Crippen LogP contribution in [0.5, 0.6) is 0 Å². The van der Waals surface area contributed by atoms with Crippen LogP contribution in [-0.4, -0.2) is 109 Å². The maximum Gasteiger partial charge on any atom is 0.308 e. The Bertz CT molecular complexity index is 2000. The third kappa shape index (κ3) is 8.01. The van der Waals surface area contributed by atoms with E-state index in [1.165, 1.54) is 0 Å². The van der Waals surface area contributed by atoms with Crippen molar-refractivity contribution >= 4 is 17.9 Å². The Hall–Kier alpha value is -2.07. The molecule has 0 radical (unpaired) electrons. The first kappa shape index (κ1) is 50.7. The van der Waals surface area contributed by atoms with Gasteiger partial charge in [-0.2, -0.15) is 0 Å². The summed E-state index contributed by atoms with van der Waals surface area (Å²) in [6, 6.07) is 0. The van der Waals surface area contributed by atoms with Crippen LogP contribution >= 0.6 is 0 Å². The number of esters is 3. The van der Waals surface area contributed by atoms with Gasteiger partial charge in [-0.15, -0.1) is 0 Å². The average Bonchev–Trinajstić information content (AvgIpc) is 3.82. The Morgan fingerprint density at radius 2 is 0.750 bits per heavy atom. The average molecular weight is 1020 g/mol. The molecule has 6 bridgehead atoms. The maximum atomic E-state index is 14.2. The molecule has 0 aromatic carbocycles. The largest absolute Gasteiger partial charge is 0.462 e. The highest BCUT2D eigenvalue weighted by Crippen LogP contribution is 2.64. The Kier molecular flexibility index (Phi) is 12.9. The molecule has 24 atom stereocenters. The van der Waals surface area contributed by atoms with Crippen LogP contribution in [0.25, 0.3) is 0 Å². The lowest BCUT2D eigenvalue weighted by Gasteiger charge is -2.60. The van der Waals surface area contributed by atoms with E-state index in [-0.39, 0.29) is 85.7 Å². The van der Waals surface area contributed by atoms with E-state index in [0.29, 0.717) is 37.0 Å². The smallest absolute Gasteiger partial charge is 0.308 e. The molecule has 3 spiro atoms. The van der Waals surface area contributed by atoms with Crippen molar-refractivity contribution in [3.63, 3.8) is 0 Å². The first-order chi connectivity index (χ1) is 34.3. The molecule has 3 saturated carbocycles. The second-order valence-corrected chi connectivity index (χ2v) is 25.4. The molecule has 72 heavy (non-hydrogen) atoms. The Labute approximate surface area is 423 Å². The second-order valence-electron chi connectivity index (χ2n) is 25.4. The molecule has 18 nitrogen and oxygen atoms in total. The zero-order valence-corrected chi connectivity index (χ0v) is 43.8. The topological polar surface area (TPSA) is 190 Å². The second kappa shape index (κ2) is 18.3. The molecule has 3 unspecified atom stereocenters. The van der Waals surface area contributed by atoms with Crippen LogP contribution in [0.2, 0.25) is 0 Å². The first-order valence-corrected chi connectivity index (χ1v) is 27.9. The maximum absolute atomic E-state index is 14.2. The summed E-state index contributed by atoms with van der Waals surface area (Å²) in [7, 11) is 0. The minimum absolute atomic E-state index is 0.0148. The van der Waals surface area contributed by atoms with Gasteiger partial charge in [0.15, 0.2) is 41.8 Å². The first-order valence-electron chi connectivity index (χ1n) is 27.9. The number of carbonyl (C=O) groups is 3. The van der Waals surface area contributed by atoms with Crippen molar-refractivity contribution < 1.29 is 86.3 Å². The van der Waals surface area contributed by atoms with Crippen LogP contribution < -0.4 is 0 Å². The Morgan fingerprint density at radius 3 is 1.08 bits per heavy atom. The van der Waals surface area contributed by atoms with Crippen LogP contribution in [0, 0.1) is 71.0 Å². The number of ether oxygens (including phenoxy) is 9. The quantitative estimate of drug-likeness (QED) is 0.110. The molecule has 3 aliphatic carbocycles. The van der Waals surface area contributed by atoms with Gasteiger partial charge in [-0.25, -0.2) is 29.3 Å². The summed E-state index contributed by atoms with van der Waals surface area (Å²) in [6.45, 7) is 18.0. The lowest BCUT2D eigenvalue weighted by molar-refractivity contribution is -0.571. The molecule has 0 aromatic rings. The van der Waals surface area contributed by atoms with E-state index in [0.717, 1.165) is 57.8 Å². The summed E-state index contributed by atoms with van der Waals surface area (Å²) >= 11 is 0. The highest BCUT2D eigenvalue weighted by atomic mass is 17.3. The fourth-order valence-electron chi connectivity index (χ4n) is 17.0. The van der Waals surface area contributed by atoms with Gasteiger partial charge in [0, 0.05) is 37.0 Å². The van der Waals surface area contributed by atoms with E-state index >= 15 is 0 Å². The lowest BCUT2D eigenvalue weighted by atomic mass is 9.57. The van der Waals surface area contributed by atoms with Gasteiger partial charge in [-0.1, -0.05) is 41.5 Å². The number of fused-ring (bicyclic) bond motifs is 6. The lowest BCUT2D eigenvalue weighted by Crippen LogP contribution is -2.70. The summed E-state index contributed by atoms with van der Waals surface area (Å²) < 4.78 is 57.8. The number of carbonyl (C=O) groups excluding carboxylic acids is 3. The van der Waals surface area contributed by atoms with Crippen molar-refractivity contribution in [1.29, 1.82) is 0 Å². The molecule has 12 heterocycles. The molecule has 0 aromatic heterocycles. The van der Waals surface area contributed by atoms with Crippen molar-refractivity contribution in [2.75, 3.05) is 13.2 Å². The molecule has 12 aliphatic heterocycles.